The number of rotatable bonds is 2. The van der Waals surface area contributed by atoms with Gasteiger partial charge in [-0.1, -0.05) is 5.92 Å². The van der Waals surface area contributed by atoms with Crippen molar-refractivity contribution < 1.29 is 9.47 Å². The summed E-state index contributed by atoms with van der Waals surface area (Å²) in [6.07, 6.45) is 6.46. The molecule has 3 heteroatoms. The highest BCUT2D eigenvalue weighted by Crippen LogP contribution is 2.17. The molecule has 0 aliphatic carbocycles. The van der Waals surface area contributed by atoms with E-state index in [0.717, 1.165) is 10.3 Å². The molecular formula is C10H11NO2. The Balaban J connectivity index is 2.98. The van der Waals surface area contributed by atoms with Crippen LogP contribution in [0.25, 0.3) is 0 Å². The van der Waals surface area contributed by atoms with Crippen LogP contribution in [0.15, 0.2) is 12.3 Å². The van der Waals surface area contributed by atoms with Crippen molar-refractivity contribution in [3.63, 3.8) is 0 Å². The summed E-state index contributed by atoms with van der Waals surface area (Å²) in [6, 6.07) is 1.62. The van der Waals surface area contributed by atoms with Gasteiger partial charge in [0.05, 0.1) is 5.56 Å². The van der Waals surface area contributed by atoms with E-state index in [1.165, 1.54) is 6.20 Å². The van der Waals surface area contributed by atoms with E-state index in [-0.39, 0.29) is 6.61 Å². The van der Waals surface area contributed by atoms with Crippen molar-refractivity contribution in [2.75, 3.05) is 6.61 Å². The highest BCUT2D eigenvalue weighted by atomic mass is 16.5. The summed E-state index contributed by atoms with van der Waals surface area (Å²) in [5.41, 5.74) is 1.46. The average molecular weight is 177 g/mol. The predicted octanol–water partition coefficient (Wildman–Crippen LogP) is 0.949. The minimum atomic E-state index is 0.225. The minimum absolute atomic E-state index is 0.225. The highest BCUT2D eigenvalue weighted by Gasteiger charge is 2.08. The maximum atomic E-state index is 11.1. The van der Waals surface area contributed by atoms with E-state index in [2.05, 4.69) is 5.92 Å². The average Bonchev–Trinajstić information content (AvgIpc) is 2.13. The van der Waals surface area contributed by atoms with Crippen LogP contribution in [-0.4, -0.2) is 6.61 Å². The monoisotopic (exact) mass is 177 g/mol. The first kappa shape index (κ1) is 9.40. The molecule has 0 fully saturated rings. The fourth-order valence-corrected chi connectivity index (χ4v) is 0.992. The lowest BCUT2D eigenvalue weighted by Crippen LogP contribution is -2.30. The zero-order valence-corrected chi connectivity index (χ0v) is 7.70. The van der Waals surface area contributed by atoms with Crippen LogP contribution in [0.4, 0.5) is 0 Å². The molecule has 0 atom stereocenters. The fraction of sp³-hybridized carbons (Fsp3) is 0.300. The molecule has 68 valence electrons. The summed E-state index contributed by atoms with van der Waals surface area (Å²) in [6.45, 7) is 3.80. The molecule has 0 saturated carbocycles. The number of hydrogen-bond acceptors (Lipinski definition) is 2. The minimum Gasteiger partial charge on any atom is -0.618 e. The molecule has 0 aliphatic rings. The van der Waals surface area contributed by atoms with Gasteiger partial charge in [-0.15, -0.1) is 6.42 Å². The van der Waals surface area contributed by atoms with Gasteiger partial charge in [-0.2, -0.15) is 4.73 Å². The van der Waals surface area contributed by atoms with Crippen molar-refractivity contribution in [1.29, 1.82) is 0 Å². The van der Waals surface area contributed by atoms with E-state index in [1.54, 1.807) is 13.0 Å². The number of nitrogens with zero attached hydrogens (tertiary/aromatic N) is 1. The SMILES string of the molecule is C#CCOc1cc[n+]([O-])c(C)c1C. The van der Waals surface area contributed by atoms with E-state index in [1.807, 2.05) is 6.92 Å². The molecule has 13 heavy (non-hydrogen) atoms. The van der Waals surface area contributed by atoms with Gasteiger partial charge in [-0.05, 0) is 6.92 Å². The number of hydrogen-bond donors (Lipinski definition) is 0. The molecule has 3 nitrogen and oxygen atoms in total. The van der Waals surface area contributed by atoms with Crippen LogP contribution in [0.1, 0.15) is 11.3 Å². The molecule has 1 heterocycles. The zero-order chi connectivity index (χ0) is 9.84. The number of terminal acetylenes is 1. The van der Waals surface area contributed by atoms with E-state index < -0.39 is 0 Å². The van der Waals surface area contributed by atoms with Crippen LogP contribution >= 0.6 is 0 Å². The van der Waals surface area contributed by atoms with Gasteiger partial charge in [0.2, 0.25) is 0 Å². The predicted molar refractivity (Wildman–Crippen MR) is 49.2 cm³/mol. The third-order valence-corrected chi connectivity index (χ3v) is 1.92. The van der Waals surface area contributed by atoms with Crippen molar-refractivity contribution in [3.8, 4) is 18.1 Å². The third-order valence-electron chi connectivity index (χ3n) is 1.92. The Labute approximate surface area is 77.5 Å². The van der Waals surface area contributed by atoms with Crippen LogP contribution in [0.2, 0.25) is 0 Å². The first-order valence-electron chi connectivity index (χ1n) is 3.92. The van der Waals surface area contributed by atoms with Gasteiger partial charge < -0.3 is 9.94 Å². The molecule has 0 aromatic carbocycles. The summed E-state index contributed by atoms with van der Waals surface area (Å²) in [5, 5.41) is 11.1. The highest BCUT2D eigenvalue weighted by molar-refractivity contribution is 5.31. The second-order valence-corrected chi connectivity index (χ2v) is 2.71. The number of aromatic nitrogens is 1. The summed E-state index contributed by atoms with van der Waals surface area (Å²) in [5.74, 6) is 3.04. The Morgan fingerprint density at radius 3 is 2.92 bits per heavy atom. The van der Waals surface area contributed by atoms with Gasteiger partial charge in [0.15, 0.2) is 11.9 Å². The Bertz CT molecular complexity index is 353. The fourth-order valence-electron chi connectivity index (χ4n) is 0.992. The smallest absolute Gasteiger partial charge is 0.196 e. The molecule has 0 aliphatic heterocycles. The van der Waals surface area contributed by atoms with Crippen molar-refractivity contribution in [2.24, 2.45) is 0 Å². The molecule has 0 amide bonds. The summed E-state index contributed by atoms with van der Waals surface area (Å²) in [7, 11) is 0. The van der Waals surface area contributed by atoms with Gasteiger partial charge in [0.1, 0.15) is 12.4 Å². The summed E-state index contributed by atoms with van der Waals surface area (Å²) >= 11 is 0. The lowest BCUT2D eigenvalue weighted by atomic mass is 10.2. The molecule has 0 radical (unpaired) electrons. The second-order valence-electron chi connectivity index (χ2n) is 2.71. The lowest BCUT2D eigenvalue weighted by Gasteiger charge is -2.08. The van der Waals surface area contributed by atoms with Gasteiger partial charge in [-0.25, -0.2) is 0 Å². The molecule has 1 aromatic rings. The van der Waals surface area contributed by atoms with E-state index in [0.29, 0.717) is 11.4 Å². The summed E-state index contributed by atoms with van der Waals surface area (Å²) in [4.78, 5) is 0. The van der Waals surface area contributed by atoms with Gasteiger partial charge in [-0.3, -0.25) is 0 Å². The standard InChI is InChI=1S/C10H11NO2/c1-4-7-13-10-5-6-11(12)9(3)8(10)2/h1,5-6H,7H2,2-3H3. The Hall–Kier alpha value is -1.69. The maximum Gasteiger partial charge on any atom is 0.196 e. The molecule has 0 N–H and O–H groups in total. The van der Waals surface area contributed by atoms with Gasteiger partial charge in [0.25, 0.3) is 0 Å². The Morgan fingerprint density at radius 1 is 1.62 bits per heavy atom. The van der Waals surface area contributed by atoms with E-state index in [4.69, 9.17) is 11.2 Å². The molecular weight excluding hydrogens is 166 g/mol. The van der Waals surface area contributed by atoms with Crippen molar-refractivity contribution in [2.45, 2.75) is 13.8 Å². The van der Waals surface area contributed by atoms with Crippen LogP contribution < -0.4 is 9.47 Å². The summed E-state index contributed by atoms with van der Waals surface area (Å²) < 4.78 is 6.04. The van der Waals surface area contributed by atoms with Crippen LogP contribution in [0, 0.1) is 31.4 Å². The van der Waals surface area contributed by atoms with E-state index in [9.17, 15) is 5.21 Å². The molecule has 1 rings (SSSR count). The first-order valence-corrected chi connectivity index (χ1v) is 3.92. The zero-order valence-electron chi connectivity index (χ0n) is 7.70. The Kier molecular flexibility index (Phi) is 2.76. The largest absolute Gasteiger partial charge is 0.618 e. The number of ether oxygens (including phenoxy) is 1. The normalized spacial score (nSPS) is 9.31. The Morgan fingerprint density at radius 2 is 2.31 bits per heavy atom. The van der Waals surface area contributed by atoms with Crippen LogP contribution in [0.5, 0.6) is 5.75 Å². The van der Waals surface area contributed by atoms with Gasteiger partial charge >= 0.3 is 0 Å². The quantitative estimate of drug-likeness (QED) is 0.383. The number of pyridine rings is 1. The van der Waals surface area contributed by atoms with Crippen molar-refractivity contribution >= 4 is 0 Å². The molecule has 0 unspecified atom stereocenters. The van der Waals surface area contributed by atoms with Crippen molar-refractivity contribution in [3.05, 3.63) is 28.7 Å². The topological polar surface area (TPSA) is 36.2 Å². The molecule has 1 aromatic heterocycles. The first-order chi connectivity index (χ1) is 6.16. The molecule has 0 spiro atoms. The molecule has 0 saturated heterocycles. The van der Waals surface area contributed by atoms with Gasteiger partial charge in [0, 0.05) is 13.0 Å². The second kappa shape index (κ2) is 3.81. The lowest BCUT2D eigenvalue weighted by molar-refractivity contribution is -0.612. The van der Waals surface area contributed by atoms with Crippen molar-refractivity contribution in [1.82, 2.24) is 0 Å². The van der Waals surface area contributed by atoms with Crippen LogP contribution in [-0.2, 0) is 0 Å². The molecule has 0 bridgehead atoms. The van der Waals surface area contributed by atoms with Crippen LogP contribution in [0.3, 0.4) is 0 Å². The third kappa shape index (κ3) is 1.91. The van der Waals surface area contributed by atoms with E-state index >= 15 is 0 Å². The maximum absolute atomic E-state index is 11.1.